The van der Waals surface area contributed by atoms with E-state index >= 15 is 0 Å². The number of nitrogens with zero attached hydrogens (tertiary/aromatic N) is 3. The number of rotatable bonds is 15. The molecule has 214 valence electrons. The summed E-state index contributed by atoms with van der Waals surface area (Å²) < 4.78 is 11.9. The maximum atomic E-state index is 13.1. The van der Waals surface area contributed by atoms with Gasteiger partial charge in [-0.3, -0.25) is 19.9 Å². The summed E-state index contributed by atoms with van der Waals surface area (Å²) >= 11 is 1.39. The highest BCUT2D eigenvalue weighted by Gasteiger charge is 2.60. The quantitative estimate of drug-likeness (QED) is 0.260. The molecular weight excluding hydrogens is 500 g/mol. The van der Waals surface area contributed by atoms with Gasteiger partial charge in [0, 0.05) is 56.8 Å². The van der Waals surface area contributed by atoms with E-state index in [1.165, 1.54) is 30.6 Å². The van der Waals surface area contributed by atoms with Gasteiger partial charge in [-0.15, -0.1) is 11.3 Å². The Morgan fingerprint density at radius 3 is 2.55 bits per heavy atom. The monoisotopic (exact) mass is 548 g/mol. The Balaban J connectivity index is 1.22. The molecule has 3 aliphatic rings. The molecule has 1 aromatic heterocycles. The summed E-state index contributed by atoms with van der Waals surface area (Å²) in [4.78, 5) is 34.8. The van der Waals surface area contributed by atoms with Crippen LogP contribution in [0.5, 0.6) is 0 Å². The van der Waals surface area contributed by atoms with Crippen LogP contribution in [0, 0.1) is 28.6 Å². The number of thiazole rings is 1. The van der Waals surface area contributed by atoms with Crippen molar-refractivity contribution < 1.29 is 19.1 Å². The van der Waals surface area contributed by atoms with E-state index in [-0.39, 0.29) is 28.7 Å². The van der Waals surface area contributed by atoms with Crippen molar-refractivity contribution in [1.29, 1.82) is 0 Å². The second kappa shape index (κ2) is 12.7. The zero-order valence-corrected chi connectivity index (χ0v) is 24.9. The molecule has 4 atom stereocenters. The third-order valence-corrected chi connectivity index (χ3v) is 9.78. The molecule has 2 unspecified atom stereocenters. The molecule has 1 aromatic rings. The van der Waals surface area contributed by atoms with Crippen LogP contribution in [-0.4, -0.2) is 85.4 Å². The van der Waals surface area contributed by atoms with Crippen LogP contribution in [0.1, 0.15) is 76.4 Å². The molecule has 9 heteroatoms. The van der Waals surface area contributed by atoms with Gasteiger partial charge in [0.25, 0.3) is 5.91 Å². The van der Waals surface area contributed by atoms with Gasteiger partial charge in [-0.05, 0) is 43.4 Å². The zero-order chi connectivity index (χ0) is 27.3. The van der Waals surface area contributed by atoms with Crippen molar-refractivity contribution in [3.8, 4) is 0 Å². The molecular formula is C29H48N4O4S. The number of carbonyl (C=O) groups excluding carboxylic acids is 2. The predicted molar refractivity (Wildman–Crippen MR) is 150 cm³/mol. The molecule has 1 aliphatic carbocycles. The first-order valence-electron chi connectivity index (χ1n) is 14.5. The second-order valence-electron chi connectivity index (χ2n) is 12.6. The number of carbonyl (C=O) groups is 2. The molecule has 0 bridgehead atoms. The number of amides is 2. The Bertz CT molecular complexity index is 918. The number of hydrogen-bond donors (Lipinski definition) is 1. The van der Waals surface area contributed by atoms with E-state index in [1.54, 1.807) is 11.7 Å². The summed E-state index contributed by atoms with van der Waals surface area (Å²) in [6.45, 7) is 16.5. The Morgan fingerprint density at radius 1 is 1.18 bits per heavy atom. The van der Waals surface area contributed by atoms with Crippen LogP contribution in [0.4, 0.5) is 0 Å². The molecule has 0 radical (unpaired) electrons. The fraction of sp³-hybridized carbons (Fsp3) is 0.828. The van der Waals surface area contributed by atoms with Gasteiger partial charge >= 0.3 is 0 Å². The van der Waals surface area contributed by atoms with E-state index in [2.05, 4.69) is 44.9 Å². The van der Waals surface area contributed by atoms with Crippen LogP contribution in [-0.2, 0) is 14.3 Å². The summed E-state index contributed by atoms with van der Waals surface area (Å²) in [6, 6.07) is 0.234. The highest BCUT2D eigenvalue weighted by atomic mass is 32.1. The highest BCUT2D eigenvalue weighted by Crippen LogP contribution is 2.55. The Morgan fingerprint density at radius 2 is 1.92 bits per heavy atom. The second-order valence-corrected chi connectivity index (χ2v) is 13.5. The van der Waals surface area contributed by atoms with Crippen LogP contribution >= 0.6 is 11.3 Å². The minimum Gasteiger partial charge on any atom is -0.380 e. The Kier molecular flexibility index (Phi) is 9.87. The van der Waals surface area contributed by atoms with Crippen LogP contribution < -0.4 is 5.32 Å². The normalized spacial score (nSPS) is 24.9. The standard InChI is InChI=1S/C29H48N4O4S/c1-6-8-22(7-2)15-37-14-21(3)31-19-36-10-9-23-13-32(27(35)25-12-30-20-38-25)16-29(23)17-33(18-29)26(34)24-11-28(24,4)5/h12,20-24,31H,6-11,13-19H2,1-5H3/t21-,22?,23?,24-/m1/s1. The minimum absolute atomic E-state index is 0.0265. The largest absolute Gasteiger partial charge is 0.380 e. The number of aromatic nitrogens is 1. The third-order valence-electron chi connectivity index (χ3n) is 9.02. The van der Waals surface area contributed by atoms with Crippen molar-refractivity contribution >= 4 is 23.2 Å². The summed E-state index contributed by atoms with van der Waals surface area (Å²) in [5.74, 6) is 1.49. The summed E-state index contributed by atoms with van der Waals surface area (Å²) in [6.07, 6.45) is 7.11. The van der Waals surface area contributed by atoms with E-state index in [0.29, 0.717) is 55.7 Å². The molecule has 2 aliphatic heterocycles. The number of nitrogens with one attached hydrogen (secondary N) is 1. The van der Waals surface area contributed by atoms with Gasteiger partial charge in [-0.1, -0.05) is 40.5 Å². The van der Waals surface area contributed by atoms with Gasteiger partial charge in [0.1, 0.15) is 4.88 Å². The van der Waals surface area contributed by atoms with E-state index in [9.17, 15) is 9.59 Å². The fourth-order valence-corrected chi connectivity index (χ4v) is 6.77. The maximum absolute atomic E-state index is 13.1. The first kappa shape index (κ1) is 29.4. The van der Waals surface area contributed by atoms with Crippen molar-refractivity contribution in [3.05, 3.63) is 16.6 Å². The first-order valence-corrected chi connectivity index (χ1v) is 15.4. The number of hydrogen-bond acceptors (Lipinski definition) is 7. The van der Waals surface area contributed by atoms with Crippen molar-refractivity contribution in [2.24, 2.45) is 28.6 Å². The smallest absolute Gasteiger partial charge is 0.265 e. The third kappa shape index (κ3) is 6.95. The summed E-state index contributed by atoms with van der Waals surface area (Å²) in [7, 11) is 0. The molecule has 8 nitrogen and oxygen atoms in total. The topological polar surface area (TPSA) is 84.0 Å². The van der Waals surface area contributed by atoms with Gasteiger partial charge in [-0.2, -0.15) is 0 Å². The van der Waals surface area contributed by atoms with E-state index < -0.39 is 0 Å². The Labute approximate surface area is 232 Å². The molecule has 3 fully saturated rings. The SMILES string of the molecule is CCCC(CC)COC[C@@H](C)NCOCCC1CN(C(=O)c2cncs2)CC12CN(C(=O)[C@H]1CC1(C)C)C2. The van der Waals surface area contributed by atoms with Crippen LogP contribution in [0.15, 0.2) is 11.7 Å². The van der Waals surface area contributed by atoms with Gasteiger partial charge in [-0.25, -0.2) is 0 Å². The van der Waals surface area contributed by atoms with Crippen LogP contribution in [0.3, 0.4) is 0 Å². The van der Waals surface area contributed by atoms with Gasteiger partial charge in [0.15, 0.2) is 0 Å². The molecule has 2 amide bonds. The van der Waals surface area contributed by atoms with Crippen molar-refractivity contribution in [2.75, 3.05) is 52.7 Å². The van der Waals surface area contributed by atoms with Crippen LogP contribution in [0.2, 0.25) is 0 Å². The average Bonchev–Trinajstić information content (AvgIpc) is 3.25. The molecule has 1 spiro atoms. The number of likely N-dealkylation sites (tertiary alicyclic amines) is 2. The van der Waals surface area contributed by atoms with Crippen LogP contribution in [0.25, 0.3) is 0 Å². The van der Waals surface area contributed by atoms with Crippen molar-refractivity contribution in [3.63, 3.8) is 0 Å². The number of ether oxygens (including phenoxy) is 2. The zero-order valence-electron chi connectivity index (χ0n) is 24.0. The molecule has 1 N–H and O–H groups in total. The van der Waals surface area contributed by atoms with E-state index in [1.807, 2.05) is 9.80 Å². The van der Waals surface area contributed by atoms with Gasteiger partial charge in [0.2, 0.25) is 5.91 Å². The average molecular weight is 549 g/mol. The molecule has 4 rings (SSSR count). The molecule has 2 saturated heterocycles. The fourth-order valence-electron chi connectivity index (χ4n) is 6.18. The maximum Gasteiger partial charge on any atom is 0.265 e. The van der Waals surface area contributed by atoms with Crippen molar-refractivity contribution in [1.82, 2.24) is 20.1 Å². The Hall–Kier alpha value is -1.55. The highest BCUT2D eigenvalue weighted by molar-refractivity contribution is 7.11. The predicted octanol–water partition coefficient (Wildman–Crippen LogP) is 4.28. The lowest BCUT2D eigenvalue weighted by Crippen LogP contribution is -2.62. The van der Waals surface area contributed by atoms with E-state index in [4.69, 9.17) is 9.47 Å². The minimum atomic E-state index is -0.0265. The molecule has 1 saturated carbocycles. The first-order chi connectivity index (χ1) is 18.2. The molecule has 0 aromatic carbocycles. The van der Waals surface area contributed by atoms with Gasteiger partial charge in [0.05, 0.1) is 25.0 Å². The van der Waals surface area contributed by atoms with E-state index in [0.717, 1.165) is 32.5 Å². The summed E-state index contributed by atoms with van der Waals surface area (Å²) in [5.41, 5.74) is 1.82. The lowest BCUT2D eigenvalue weighted by atomic mass is 9.70. The summed E-state index contributed by atoms with van der Waals surface area (Å²) in [5, 5.41) is 3.40. The molecule has 3 heterocycles. The van der Waals surface area contributed by atoms with Gasteiger partial charge < -0.3 is 19.3 Å². The lowest BCUT2D eigenvalue weighted by molar-refractivity contribution is -0.147. The molecule has 38 heavy (non-hydrogen) atoms. The lowest BCUT2D eigenvalue weighted by Gasteiger charge is -2.51. The van der Waals surface area contributed by atoms with Crippen molar-refractivity contribution in [2.45, 2.75) is 72.8 Å².